The van der Waals surface area contributed by atoms with Crippen LogP contribution in [0, 0.1) is 13.8 Å². The second kappa shape index (κ2) is 5.61. The van der Waals surface area contributed by atoms with Gasteiger partial charge in [-0.05, 0) is 39.3 Å². The molecule has 0 saturated carbocycles. The number of hydrogen-bond donors (Lipinski definition) is 0. The number of thioether (sulfide) groups is 1. The highest BCUT2D eigenvalue weighted by Gasteiger charge is 2.50. The van der Waals surface area contributed by atoms with Gasteiger partial charge in [0.05, 0.1) is 10.9 Å². The molecule has 114 valence electrons. The maximum Gasteiger partial charge on any atom is 0.254 e. The van der Waals surface area contributed by atoms with Crippen LogP contribution in [0.1, 0.15) is 35.1 Å². The lowest BCUT2D eigenvalue weighted by atomic mass is 9.92. The largest absolute Gasteiger partial charge is 0.378 e. The fraction of sp³-hybridized carbons (Fsp3) is 0.625. The fourth-order valence-corrected chi connectivity index (χ4v) is 4.85. The van der Waals surface area contributed by atoms with Crippen LogP contribution < -0.4 is 0 Å². The van der Waals surface area contributed by atoms with Crippen molar-refractivity contribution in [2.75, 3.05) is 25.4 Å². The van der Waals surface area contributed by atoms with Gasteiger partial charge in [0.1, 0.15) is 0 Å². The number of rotatable bonds is 3. The van der Waals surface area contributed by atoms with Crippen molar-refractivity contribution >= 4 is 17.7 Å². The summed E-state index contributed by atoms with van der Waals surface area (Å²) in [5.41, 5.74) is 2.57. The molecular weight excluding hydrogens is 284 g/mol. The molecule has 1 spiro atoms. The number of aromatic nitrogens is 1. The molecule has 1 atom stereocenters. The van der Waals surface area contributed by atoms with Gasteiger partial charge >= 0.3 is 0 Å². The minimum absolute atomic E-state index is 0.134. The molecule has 0 aromatic carbocycles. The molecule has 2 saturated heterocycles. The summed E-state index contributed by atoms with van der Waals surface area (Å²) in [6, 6.07) is 3.76. The molecule has 21 heavy (non-hydrogen) atoms. The van der Waals surface area contributed by atoms with E-state index in [1.54, 1.807) is 0 Å². The standard InChI is InChI=1S/C16H22N2O2S/c1-4-20-14-7-16(21-8-14)9-18(10-16)15(19)13-5-11(2)17-12(3)6-13/h5-6,14H,4,7-10H2,1-3H3. The van der Waals surface area contributed by atoms with Crippen LogP contribution in [0.4, 0.5) is 0 Å². The molecule has 4 nitrogen and oxygen atoms in total. The van der Waals surface area contributed by atoms with Gasteiger partial charge < -0.3 is 9.64 Å². The Morgan fingerprint density at radius 1 is 1.43 bits per heavy atom. The van der Waals surface area contributed by atoms with Gasteiger partial charge in [0.15, 0.2) is 0 Å². The third kappa shape index (κ3) is 2.94. The van der Waals surface area contributed by atoms with Crippen molar-refractivity contribution in [1.82, 2.24) is 9.88 Å². The molecule has 2 fully saturated rings. The minimum Gasteiger partial charge on any atom is -0.378 e. The Labute approximate surface area is 130 Å². The summed E-state index contributed by atoms with van der Waals surface area (Å²) in [6.45, 7) is 8.38. The van der Waals surface area contributed by atoms with Gasteiger partial charge in [0.2, 0.25) is 0 Å². The van der Waals surface area contributed by atoms with E-state index in [1.807, 2.05) is 49.6 Å². The molecule has 3 heterocycles. The minimum atomic E-state index is 0.134. The van der Waals surface area contributed by atoms with Gasteiger partial charge in [-0.25, -0.2) is 0 Å². The smallest absolute Gasteiger partial charge is 0.254 e. The Morgan fingerprint density at radius 2 is 2.10 bits per heavy atom. The number of carbonyl (C=O) groups is 1. The Morgan fingerprint density at radius 3 is 2.71 bits per heavy atom. The Bertz CT molecular complexity index is 535. The van der Waals surface area contributed by atoms with Gasteiger partial charge in [0.25, 0.3) is 5.91 Å². The molecule has 1 unspecified atom stereocenters. The lowest BCUT2D eigenvalue weighted by Crippen LogP contribution is -2.60. The van der Waals surface area contributed by atoms with Crippen LogP contribution in [0.5, 0.6) is 0 Å². The molecule has 0 N–H and O–H groups in total. The average Bonchev–Trinajstić information content (AvgIpc) is 2.80. The maximum absolute atomic E-state index is 12.5. The summed E-state index contributed by atoms with van der Waals surface area (Å²) in [4.78, 5) is 18.8. The first kappa shape index (κ1) is 14.9. The number of pyridine rings is 1. The van der Waals surface area contributed by atoms with E-state index in [4.69, 9.17) is 4.74 Å². The molecule has 1 aromatic heterocycles. The first-order chi connectivity index (χ1) is 10.0. The summed E-state index contributed by atoms with van der Waals surface area (Å²) in [7, 11) is 0. The van der Waals surface area contributed by atoms with E-state index in [9.17, 15) is 4.79 Å². The number of likely N-dealkylation sites (tertiary alicyclic amines) is 1. The Balaban J connectivity index is 1.62. The topological polar surface area (TPSA) is 42.4 Å². The van der Waals surface area contributed by atoms with Gasteiger partial charge in [0, 0.05) is 42.4 Å². The van der Waals surface area contributed by atoms with E-state index in [0.29, 0.717) is 6.10 Å². The van der Waals surface area contributed by atoms with E-state index in [1.165, 1.54) is 0 Å². The lowest BCUT2D eigenvalue weighted by molar-refractivity contribution is 0.0359. The zero-order valence-electron chi connectivity index (χ0n) is 12.9. The SMILES string of the molecule is CCOC1CSC2(C1)CN(C(=O)c1cc(C)nc(C)c1)C2. The van der Waals surface area contributed by atoms with Gasteiger partial charge in [-0.3, -0.25) is 9.78 Å². The van der Waals surface area contributed by atoms with Crippen LogP contribution in [0.25, 0.3) is 0 Å². The predicted octanol–water partition coefficient (Wildman–Crippen LogP) is 2.44. The molecule has 0 aliphatic carbocycles. The number of ether oxygens (including phenoxy) is 1. The Hall–Kier alpha value is -1.07. The summed E-state index contributed by atoms with van der Waals surface area (Å²) < 4.78 is 5.96. The van der Waals surface area contributed by atoms with E-state index < -0.39 is 0 Å². The number of amides is 1. The highest BCUT2D eigenvalue weighted by atomic mass is 32.2. The number of nitrogens with zero attached hydrogens (tertiary/aromatic N) is 2. The number of aryl methyl sites for hydroxylation is 2. The Kier molecular flexibility index (Phi) is 3.97. The molecule has 0 radical (unpaired) electrons. The monoisotopic (exact) mass is 306 g/mol. The van der Waals surface area contributed by atoms with Crippen molar-refractivity contribution < 1.29 is 9.53 Å². The average molecular weight is 306 g/mol. The molecule has 3 rings (SSSR count). The highest BCUT2D eigenvalue weighted by Crippen LogP contribution is 2.46. The number of carbonyl (C=O) groups excluding carboxylic acids is 1. The second-order valence-electron chi connectivity index (χ2n) is 6.08. The third-order valence-electron chi connectivity index (χ3n) is 4.15. The van der Waals surface area contributed by atoms with Crippen LogP contribution in [0.2, 0.25) is 0 Å². The van der Waals surface area contributed by atoms with Crippen LogP contribution in [0.3, 0.4) is 0 Å². The van der Waals surface area contributed by atoms with E-state index in [2.05, 4.69) is 4.98 Å². The van der Waals surface area contributed by atoms with Crippen LogP contribution in [-0.4, -0.2) is 52.1 Å². The molecular formula is C16H22N2O2S. The van der Waals surface area contributed by atoms with Crippen molar-refractivity contribution in [2.45, 2.75) is 38.0 Å². The summed E-state index contributed by atoms with van der Waals surface area (Å²) in [5.74, 6) is 1.19. The highest BCUT2D eigenvalue weighted by molar-refractivity contribution is 8.01. The summed E-state index contributed by atoms with van der Waals surface area (Å²) >= 11 is 1.97. The van der Waals surface area contributed by atoms with E-state index >= 15 is 0 Å². The first-order valence-corrected chi connectivity index (χ1v) is 8.50. The van der Waals surface area contributed by atoms with Gasteiger partial charge in [-0.1, -0.05) is 0 Å². The van der Waals surface area contributed by atoms with Crippen molar-refractivity contribution in [2.24, 2.45) is 0 Å². The normalized spacial score (nSPS) is 23.4. The fourth-order valence-electron chi connectivity index (χ4n) is 3.30. The zero-order chi connectivity index (χ0) is 15.0. The zero-order valence-corrected chi connectivity index (χ0v) is 13.7. The first-order valence-electron chi connectivity index (χ1n) is 7.51. The maximum atomic E-state index is 12.5. The van der Waals surface area contributed by atoms with E-state index in [0.717, 1.165) is 48.8 Å². The van der Waals surface area contributed by atoms with Gasteiger partial charge in [-0.15, -0.1) is 11.8 Å². The van der Waals surface area contributed by atoms with E-state index in [-0.39, 0.29) is 10.7 Å². The van der Waals surface area contributed by atoms with Crippen molar-refractivity contribution in [1.29, 1.82) is 0 Å². The second-order valence-corrected chi connectivity index (χ2v) is 7.56. The summed E-state index contributed by atoms with van der Waals surface area (Å²) in [5, 5.41) is 0. The molecule has 2 aliphatic rings. The third-order valence-corrected chi connectivity index (χ3v) is 5.73. The number of hydrogen-bond acceptors (Lipinski definition) is 4. The van der Waals surface area contributed by atoms with Gasteiger partial charge in [-0.2, -0.15) is 0 Å². The van der Waals surface area contributed by atoms with Crippen LogP contribution in [-0.2, 0) is 4.74 Å². The van der Waals surface area contributed by atoms with Crippen molar-refractivity contribution in [3.63, 3.8) is 0 Å². The van der Waals surface area contributed by atoms with Crippen LogP contribution in [0.15, 0.2) is 12.1 Å². The predicted molar refractivity (Wildman–Crippen MR) is 84.8 cm³/mol. The lowest BCUT2D eigenvalue weighted by Gasteiger charge is -2.47. The van der Waals surface area contributed by atoms with Crippen molar-refractivity contribution in [3.05, 3.63) is 29.1 Å². The molecule has 0 bridgehead atoms. The molecule has 1 aromatic rings. The van der Waals surface area contributed by atoms with Crippen molar-refractivity contribution in [3.8, 4) is 0 Å². The molecule has 2 aliphatic heterocycles. The molecule has 5 heteroatoms. The summed E-state index contributed by atoms with van der Waals surface area (Å²) in [6.07, 6.45) is 1.44. The van der Waals surface area contributed by atoms with Crippen LogP contribution >= 0.6 is 11.8 Å². The quantitative estimate of drug-likeness (QED) is 0.860. The molecule has 1 amide bonds.